The Bertz CT molecular complexity index is 1130. The van der Waals surface area contributed by atoms with Gasteiger partial charge in [-0.05, 0) is 55.7 Å². The van der Waals surface area contributed by atoms with E-state index in [1.807, 2.05) is 45.0 Å². The molecule has 0 bridgehead atoms. The fourth-order valence-electron chi connectivity index (χ4n) is 4.59. The van der Waals surface area contributed by atoms with Crippen molar-refractivity contribution in [3.05, 3.63) is 36.0 Å². The lowest BCUT2D eigenvalue weighted by Gasteiger charge is -2.28. The molecule has 0 radical (unpaired) electrons. The summed E-state index contributed by atoms with van der Waals surface area (Å²) in [5, 5.41) is 18.9. The molecule has 222 valence electrons. The average Bonchev–Trinajstić information content (AvgIpc) is 3.32. The quantitative estimate of drug-likeness (QED) is 0.144. The van der Waals surface area contributed by atoms with E-state index in [1.165, 1.54) is 0 Å². The molecule has 0 aliphatic heterocycles. The molecule has 5 unspecified atom stereocenters. The van der Waals surface area contributed by atoms with Crippen LogP contribution in [-0.4, -0.2) is 64.5 Å². The van der Waals surface area contributed by atoms with Crippen molar-refractivity contribution in [1.29, 1.82) is 0 Å². The van der Waals surface area contributed by atoms with Crippen LogP contribution in [-0.2, 0) is 25.6 Å². The average molecular weight is 559 g/mol. The van der Waals surface area contributed by atoms with Gasteiger partial charge in [-0.1, -0.05) is 52.3 Å². The second-order valence-corrected chi connectivity index (χ2v) is 10.9. The highest BCUT2D eigenvalue weighted by Gasteiger charge is 2.33. The van der Waals surface area contributed by atoms with E-state index in [0.717, 1.165) is 16.5 Å². The third kappa shape index (κ3) is 9.63. The van der Waals surface area contributed by atoms with Gasteiger partial charge in [0.05, 0.1) is 6.04 Å². The lowest BCUT2D eigenvalue weighted by Crippen LogP contribution is -2.58. The van der Waals surface area contributed by atoms with E-state index in [0.29, 0.717) is 38.6 Å². The van der Waals surface area contributed by atoms with Crippen LogP contribution in [0.15, 0.2) is 30.5 Å². The smallest absolute Gasteiger partial charge is 0.326 e. The lowest BCUT2D eigenvalue weighted by atomic mass is 9.96. The third-order valence-electron chi connectivity index (χ3n) is 7.15. The normalized spacial score (nSPS) is 15.2. The number of aromatic nitrogens is 1. The molecule has 11 nitrogen and oxygen atoms in total. The number of amides is 3. The molecule has 2 aromatic rings. The first-order valence-corrected chi connectivity index (χ1v) is 14.1. The Balaban J connectivity index is 2.18. The number of benzene rings is 1. The molecule has 1 aromatic carbocycles. The van der Waals surface area contributed by atoms with Gasteiger partial charge in [-0.15, -0.1) is 0 Å². The van der Waals surface area contributed by atoms with Crippen LogP contribution < -0.4 is 27.4 Å². The zero-order valence-corrected chi connectivity index (χ0v) is 24.0. The zero-order valence-electron chi connectivity index (χ0n) is 24.0. The number of aromatic amines is 1. The molecular weight excluding hydrogens is 512 g/mol. The van der Waals surface area contributed by atoms with Crippen LogP contribution >= 0.6 is 0 Å². The third-order valence-corrected chi connectivity index (χ3v) is 7.15. The molecule has 2 rings (SSSR count). The van der Waals surface area contributed by atoms with Crippen LogP contribution in [0, 0.1) is 11.8 Å². The van der Waals surface area contributed by atoms with E-state index in [4.69, 9.17) is 11.5 Å². The number of carboxylic acid groups (broad SMARTS) is 1. The standard InChI is InChI=1S/C29H46N6O5/c1-5-18(4)25(35-27(37)23(12-8-9-13-30)33-26(36)21(31)14-17(2)3)28(38)34-24(29(39)40)15-19-16-32-22-11-7-6-10-20(19)22/h6-7,10-11,16-18,21,23-25,32H,5,8-9,12-15,30-31H2,1-4H3,(H,33,36)(H,34,38)(H,35,37)(H,39,40). The van der Waals surface area contributed by atoms with Gasteiger partial charge in [0.2, 0.25) is 17.7 Å². The van der Waals surface area contributed by atoms with Crippen molar-refractivity contribution >= 4 is 34.6 Å². The number of fused-ring (bicyclic) bond motifs is 1. The summed E-state index contributed by atoms with van der Waals surface area (Å²) in [6.07, 6.45) is 4.42. The summed E-state index contributed by atoms with van der Waals surface area (Å²) < 4.78 is 0. The molecular formula is C29H46N6O5. The highest BCUT2D eigenvalue weighted by molar-refractivity contribution is 5.94. The largest absolute Gasteiger partial charge is 0.480 e. The molecule has 11 heteroatoms. The number of nitrogens with two attached hydrogens (primary N) is 2. The number of para-hydroxylation sites is 1. The van der Waals surface area contributed by atoms with Gasteiger partial charge in [-0.3, -0.25) is 14.4 Å². The summed E-state index contributed by atoms with van der Waals surface area (Å²) in [6, 6.07) is 3.64. The molecule has 9 N–H and O–H groups in total. The number of carbonyl (C=O) groups is 4. The molecule has 0 aliphatic rings. The van der Waals surface area contributed by atoms with Gasteiger partial charge in [0.1, 0.15) is 18.1 Å². The summed E-state index contributed by atoms with van der Waals surface area (Å²) in [5.74, 6) is -2.83. The van der Waals surface area contributed by atoms with Crippen LogP contribution in [0.3, 0.4) is 0 Å². The molecule has 1 heterocycles. The van der Waals surface area contributed by atoms with E-state index in [9.17, 15) is 24.3 Å². The van der Waals surface area contributed by atoms with Gasteiger partial charge in [-0.2, -0.15) is 0 Å². The topological polar surface area (TPSA) is 192 Å². The summed E-state index contributed by atoms with van der Waals surface area (Å²) in [4.78, 5) is 54.7. The van der Waals surface area contributed by atoms with Crippen molar-refractivity contribution < 1.29 is 24.3 Å². The summed E-state index contributed by atoms with van der Waals surface area (Å²) in [6.45, 7) is 8.04. The minimum absolute atomic E-state index is 0.0672. The highest BCUT2D eigenvalue weighted by atomic mass is 16.4. The number of nitrogens with one attached hydrogen (secondary N) is 4. The number of hydrogen-bond acceptors (Lipinski definition) is 6. The van der Waals surface area contributed by atoms with Crippen molar-refractivity contribution in [2.75, 3.05) is 6.54 Å². The second-order valence-electron chi connectivity index (χ2n) is 10.9. The van der Waals surface area contributed by atoms with E-state index in [-0.39, 0.29) is 18.3 Å². The molecule has 40 heavy (non-hydrogen) atoms. The number of carbonyl (C=O) groups excluding carboxylic acids is 3. The maximum Gasteiger partial charge on any atom is 0.326 e. The Hall–Kier alpha value is -3.44. The van der Waals surface area contributed by atoms with Crippen LogP contribution in [0.5, 0.6) is 0 Å². The van der Waals surface area contributed by atoms with Gasteiger partial charge < -0.3 is 37.5 Å². The van der Waals surface area contributed by atoms with Crippen LogP contribution in [0.1, 0.15) is 65.4 Å². The maximum absolute atomic E-state index is 13.4. The Kier molecular flexibility index (Phi) is 13.1. The van der Waals surface area contributed by atoms with E-state index < -0.39 is 47.9 Å². The molecule has 0 spiro atoms. The molecule has 0 saturated carbocycles. The second kappa shape index (κ2) is 16.0. The van der Waals surface area contributed by atoms with Crippen molar-refractivity contribution in [3.8, 4) is 0 Å². The predicted octanol–water partition coefficient (Wildman–Crippen LogP) is 1.80. The van der Waals surface area contributed by atoms with Crippen molar-refractivity contribution in [3.63, 3.8) is 0 Å². The predicted molar refractivity (Wildman–Crippen MR) is 155 cm³/mol. The van der Waals surface area contributed by atoms with E-state index in [1.54, 1.807) is 13.1 Å². The Morgan fingerprint density at radius 3 is 2.25 bits per heavy atom. The molecule has 3 amide bonds. The highest BCUT2D eigenvalue weighted by Crippen LogP contribution is 2.19. The van der Waals surface area contributed by atoms with Gasteiger partial charge in [0.25, 0.3) is 0 Å². The summed E-state index contributed by atoms with van der Waals surface area (Å²) in [7, 11) is 0. The van der Waals surface area contributed by atoms with Crippen LogP contribution in [0.25, 0.3) is 10.9 Å². The minimum atomic E-state index is -1.20. The first-order chi connectivity index (χ1) is 19.0. The first kappa shape index (κ1) is 32.8. The first-order valence-electron chi connectivity index (χ1n) is 14.1. The Morgan fingerprint density at radius 1 is 0.950 bits per heavy atom. The van der Waals surface area contributed by atoms with Crippen molar-refractivity contribution in [2.24, 2.45) is 23.3 Å². The molecule has 1 aromatic heterocycles. The number of carboxylic acids is 1. The Morgan fingerprint density at radius 2 is 1.62 bits per heavy atom. The van der Waals surface area contributed by atoms with Gasteiger partial charge in [0.15, 0.2) is 0 Å². The summed E-state index contributed by atoms with van der Waals surface area (Å²) >= 11 is 0. The fraction of sp³-hybridized carbons (Fsp3) is 0.586. The lowest BCUT2D eigenvalue weighted by molar-refractivity contribution is -0.142. The van der Waals surface area contributed by atoms with Crippen molar-refractivity contribution in [1.82, 2.24) is 20.9 Å². The summed E-state index contributed by atoms with van der Waals surface area (Å²) in [5.41, 5.74) is 13.3. The monoisotopic (exact) mass is 558 g/mol. The fourth-order valence-corrected chi connectivity index (χ4v) is 4.59. The SMILES string of the molecule is CCC(C)C(NC(=O)C(CCCCN)NC(=O)C(N)CC(C)C)C(=O)NC(Cc1c[nH]c2ccccc12)C(=O)O. The van der Waals surface area contributed by atoms with E-state index >= 15 is 0 Å². The van der Waals surface area contributed by atoms with Gasteiger partial charge >= 0.3 is 5.97 Å². The number of H-pyrrole nitrogens is 1. The molecule has 0 fully saturated rings. The Labute approximate surface area is 236 Å². The van der Waals surface area contributed by atoms with E-state index in [2.05, 4.69) is 20.9 Å². The minimum Gasteiger partial charge on any atom is -0.480 e. The van der Waals surface area contributed by atoms with Crippen LogP contribution in [0.4, 0.5) is 0 Å². The zero-order chi connectivity index (χ0) is 29.8. The molecule has 0 aliphatic carbocycles. The maximum atomic E-state index is 13.4. The number of unbranched alkanes of at least 4 members (excludes halogenated alkanes) is 1. The number of aliphatic carboxylic acids is 1. The molecule has 0 saturated heterocycles. The van der Waals surface area contributed by atoms with Crippen LogP contribution in [0.2, 0.25) is 0 Å². The van der Waals surface area contributed by atoms with Gasteiger partial charge in [0, 0.05) is 23.5 Å². The van der Waals surface area contributed by atoms with Gasteiger partial charge in [-0.25, -0.2) is 4.79 Å². The van der Waals surface area contributed by atoms with Crippen molar-refractivity contribution in [2.45, 2.75) is 90.4 Å². The molecule has 5 atom stereocenters. The number of rotatable bonds is 17. The number of hydrogen-bond donors (Lipinski definition) is 7.